The Kier molecular flexibility index (Phi) is 4.64. The van der Waals surface area contributed by atoms with E-state index in [1.54, 1.807) is 6.07 Å². The second-order valence-corrected chi connectivity index (χ2v) is 5.82. The van der Waals surface area contributed by atoms with E-state index in [-0.39, 0.29) is 24.9 Å². The Bertz CT molecular complexity index is 660. The third-order valence-electron chi connectivity index (χ3n) is 3.16. The first-order chi connectivity index (χ1) is 10.3. The minimum atomic E-state index is -1.04. The Labute approximate surface area is 139 Å². The summed E-state index contributed by atoms with van der Waals surface area (Å²) >= 11 is 1.96. The molecule has 0 unspecified atom stereocenters. The second kappa shape index (κ2) is 6.30. The minimum Gasteiger partial charge on any atom is -0.478 e. The van der Waals surface area contributed by atoms with Gasteiger partial charge >= 0.3 is 5.97 Å². The van der Waals surface area contributed by atoms with Gasteiger partial charge in [-0.25, -0.2) is 9.80 Å². The number of nitrogens with two attached hydrogens (primary N) is 1. The topological polar surface area (TPSA) is 128 Å². The van der Waals surface area contributed by atoms with Crippen molar-refractivity contribution in [2.45, 2.75) is 19.4 Å². The van der Waals surface area contributed by atoms with Crippen molar-refractivity contribution < 1.29 is 19.5 Å². The average Bonchev–Trinajstić information content (AvgIpc) is 2.76. The first-order valence-corrected chi connectivity index (χ1v) is 7.38. The Balaban J connectivity index is 2.29. The van der Waals surface area contributed by atoms with E-state index in [2.05, 4.69) is 0 Å². The van der Waals surface area contributed by atoms with Crippen LogP contribution in [0.2, 0.25) is 0 Å². The van der Waals surface area contributed by atoms with Crippen molar-refractivity contribution in [2.75, 3.05) is 0 Å². The molecule has 0 aliphatic carbocycles. The zero-order chi connectivity index (χ0) is 16.4. The summed E-state index contributed by atoms with van der Waals surface area (Å²) in [6.07, 6.45) is 0.190. The lowest BCUT2D eigenvalue weighted by Gasteiger charge is -2.30. The van der Waals surface area contributed by atoms with Crippen LogP contribution >= 0.6 is 22.6 Å². The molecule has 1 heterocycles. The number of halogens is 1. The molecule has 1 fully saturated rings. The van der Waals surface area contributed by atoms with Crippen molar-refractivity contribution in [3.05, 3.63) is 32.9 Å². The van der Waals surface area contributed by atoms with Crippen LogP contribution in [0.25, 0.3) is 0 Å². The fourth-order valence-corrected chi connectivity index (χ4v) is 2.75. The fourth-order valence-electron chi connectivity index (χ4n) is 2.07. The molecule has 1 saturated heterocycles. The molecule has 8 nitrogen and oxygen atoms in total. The van der Waals surface area contributed by atoms with Crippen molar-refractivity contribution >= 4 is 46.3 Å². The SMILES string of the molecule is N=C(N)N(Cc1ccc(C(=O)O)cc1[131I])N1C(=O)CCC1=O. The van der Waals surface area contributed by atoms with Gasteiger partial charge in [-0.15, -0.1) is 0 Å². The molecule has 0 bridgehead atoms. The summed E-state index contributed by atoms with van der Waals surface area (Å²) in [6, 6.07) is 4.47. The Hall–Kier alpha value is -2.17. The van der Waals surface area contributed by atoms with Crippen molar-refractivity contribution in [3.8, 4) is 0 Å². The van der Waals surface area contributed by atoms with Crippen molar-refractivity contribution in [1.82, 2.24) is 10.0 Å². The molecule has 1 aromatic carbocycles. The molecule has 1 aliphatic rings. The molecule has 22 heavy (non-hydrogen) atoms. The number of carbonyl (C=O) groups excluding carboxylic acids is 2. The summed E-state index contributed by atoms with van der Waals surface area (Å²) in [6.45, 7) is 0.0327. The third kappa shape index (κ3) is 3.18. The lowest BCUT2D eigenvalue weighted by atomic mass is 10.1. The van der Waals surface area contributed by atoms with Crippen LogP contribution < -0.4 is 5.73 Å². The predicted molar refractivity (Wildman–Crippen MR) is 84.7 cm³/mol. The highest BCUT2D eigenvalue weighted by Crippen LogP contribution is 2.21. The molecule has 2 amide bonds. The number of hydrogen-bond donors (Lipinski definition) is 3. The Morgan fingerprint density at radius 3 is 2.41 bits per heavy atom. The molecule has 9 heteroatoms. The van der Waals surface area contributed by atoms with Crippen LogP contribution in [-0.4, -0.2) is 38.9 Å². The van der Waals surface area contributed by atoms with Gasteiger partial charge in [0, 0.05) is 16.4 Å². The molecule has 0 aromatic heterocycles. The van der Waals surface area contributed by atoms with Gasteiger partial charge in [0.05, 0.1) is 12.1 Å². The quantitative estimate of drug-likeness (QED) is 0.286. The predicted octanol–water partition coefficient (Wildman–Crippen LogP) is 0.749. The van der Waals surface area contributed by atoms with Crippen LogP contribution in [0.5, 0.6) is 0 Å². The zero-order valence-corrected chi connectivity index (χ0v) is 13.5. The number of nitrogens with one attached hydrogen (secondary N) is 1. The van der Waals surface area contributed by atoms with Gasteiger partial charge in [0.1, 0.15) is 0 Å². The van der Waals surface area contributed by atoms with Gasteiger partial charge in [0.15, 0.2) is 0 Å². The number of benzene rings is 1. The maximum atomic E-state index is 11.8. The van der Waals surface area contributed by atoms with Gasteiger partial charge < -0.3 is 10.8 Å². The summed E-state index contributed by atoms with van der Waals surface area (Å²) in [5.41, 5.74) is 6.28. The molecule has 2 rings (SSSR count). The molecule has 116 valence electrons. The molecule has 0 radical (unpaired) electrons. The number of nitrogens with zero attached hydrogens (tertiary/aromatic N) is 2. The smallest absolute Gasteiger partial charge is 0.335 e. The Morgan fingerprint density at radius 1 is 1.36 bits per heavy atom. The van der Waals surface area contributed by atoms with Crippen LogP contribution in [0.4, 0.5) is 0 Å². The highest BCUT2D eigenvalue weighted by molar-refractivity contribution is 14.1. The van der Waals surface area contributed by atoms with E-state index in [0.29, 0.717) is 9.13 Å². The molecule has 1 aromatic rings. The molecular formula is C13H13IN4O4. The highest BCUT2D eigenvalue weighted by atomic mass is 131. The first kappa shape index (κ1) is 16.2. The monoisotopic (exact) mass is 420 g/mol. The maximum Gasteiger partial charge on any atom is 0.335 e. The minimum absolute atomic E-state index is 0.0327. The largest absolute Gasteiger partial charge is 0.478 e. The van der Waals surface area contributed by atoms with Crippen molar-refractivity contribution in [1.29, 1.82) is 5.41 Å². The second-order valence-electron chi connectivity index (χ2n) is 4.65. The number of aromatic carboxylic acids is 1. The summed E-state index contributed by atoms with van der Waals surface area (Å²) in [4.78, 5) is 34.5. The normalized spacial score (nSPS) is 14.3. The number of carbonyl (C=O) groups is 3. The molecular weight excluding hydrogens is 407 g/mol. The van der Waals surface area contributed by atoms with E-state index in [4.69, 9.17) is 16.2 Å². The molecule has 0 atom stereocenters. The number of carboxylic acid groups (broad SMARTS) is 1. The third-order valence-corrected chi connectivity index (χ3v) is 4.17. The molecule has 0 spiro atoms. The van der Waals surface area contributed by atoms with Crippen LogP contribution in [0, 0.1) is 8.98 Å². The number of amides is 2. The van der Waals surface area contributed by atoms with Gasteiger partial charge in [-0.05, 0) is 40.3 Å². The number of guanidine groups is 1. The van der Waals surface area contributed by atoms with E-state index in [1.165, 1.54) is 12.1 Å². The van der Waals surface area contributed by atoms with Gasteiger partial charge in [-0.1, -0.05) is 6.07 Å². The molecule has 0 saturated carbocycles. The summed E-state index contributed by atoms with van der Waals surface area (Å²) in [5.74, 6) is -2.28. The summed E-state index contributed by atoms with van der Waals surface area (Å²) in [7, 11) is 0. The van der Waals surface area contributed by atoms with Gasteiger partial charge in [0.2, 0.25) is 17.8 Å². The standard InChI is InChI=1S/C13H13IN4O4/c14-9-5-7(12(21)22)1-2-8(9)6-17(13(15)16)18-10(19)3-4-11(18)20/h1-2,5H,3-4,6H2,(H3,15,16)(H,21,22)/i14+4. The Morgan fingerprint density at radius 2 is 1.95 bits per heavy atom. The van der Waals surface area contributed by atoms with Crippen LogP contribution in [0.3, 0.4) is 0 Å². The van der Waals surface area contributed by atoms with Crippen molar-refractivity contribution in [2.24, 2.45) is 5.73 Å². The number of rotatable bonds is 4. The van der Waals surface area contributed by atoms with E-state index in [9.17, 15) is 14.4 Å². The lowest BCUT2D eigenvalue weighted by molar-refractivity contribution is -0.151. The average molecular weight is 420 g/mol. The number of hydrogen-bond acceptors (Lipinski definition) is 4. The van der Waals surface area contributed by atoms with Crippen LogP contribution in [0.15, 0.2) is 18.2 Å². The number of hydrazine groups is 1. The molecule has 1 aliphatic heterocycles. The van der Waals surface area contributed by atoms with E-state index >= 15 is 0 Å². The lowest BCUT2D eigenvalue weighted by Crippen LogP contribution is -2.51. The van der Waals surface area contributed by atoms with Gasteiger partial charge in [-0.3, -0.25) is 15.0 Å². The first-order valence-electron chi connectivity index (χ1n) is 6.30. The zero-order valence-electron chi connectivity index (χ0n) is 11.4. The fraction of sp³-hybridized carbons (Fsp3) is 0.231. The number of imide groups is 1. The summed E-state index contributed by atoms with van der Waals surface area (Å²) < 4.78 is 0.642. The van der Waals surface area contributed by atoms with Crippen LogP contribution in [-0.2, 0) is 16.1 Å². The van der Waals surface area contributed by atoms with E-state index in [0.717, 1.165) is 10.0 Å². The maximum absolute atomic E-state index is 11.8. The number of carboxylic acids is 1. The van der Waals surface area contributed by atoms with Gasteiger partial charge in [0.25, 0.3) is 0 Å². The van der Waals surface area contributed by atoms with Gasteiger partial charge in [-0.2, -0.15) is 5.01 Å². The van der Waals surface area contributed by atoms with E-state index < -0.39 is 23.7 Å². The summed E-state index contributed by atoms with van der Waals surface area (Å²) in [5, 5.41) is 18.5. The highest BCUT2D eigenvalue weighted by Gasteiger charge is 2.35. The molecule has 4 N–H and O–H groups in total. The van der Waals surface area contributed by atoms with E-state index in [1.807, 2.05) is 22.6 Å². The van der Waals surface area contributed by atoms with Crippen molar-refractivity contribution in [3.63, 3.8) is 0 Å². The van der Waals surface area contributed by atoms with Crippen LogP contribution in [0.1, 0.15) is 28.8 Å².